The zero-order chi connectivity index (χ0) is 11.0. The summed E-state index contributed by atoms with van der Waals surface area (Å²) >= 11 is 1.58. The van der Waals surface area contributed by atoms with E-state index in [-0.39, 0.29) is 18.9 Å². The maximum atomic E-state index is 10.9. The molecule has 0 heterocycles. The molecule has 0 fully saturated rings. The van der Waals surface area contributed by atoms with Crippen LogP contribution in [-0.2, 0) is 4.79 Å². The van der Waals surface area contributed by atoms with Gasteiger partial charge in [-0.2, -0.15) is 11.8 Å². The van der Waals surface area contributed by atoms with Crippen LogP contribution >= 0.6 is 11.8 Å². The second-order valence-corrected chi connectivity index (χ2v) is 4.40. The van der Waals surface area contributed by atoms with Crippen molar-refractivity contribution in [3.05, 3.63) is 0 Å². The van der Waals surface area contributed by atoms with E-state index in [2.05, 4.69) is 0 Å². The Morgan fingerprint density at radius 3 is 2.71 bits per heavy atom. The van der Waals surface area contributed by atoms with Gasteiger partial charge in [0.2, 0.25) is 5.91 Å². The Labute approximate surface area is 87.4 Å². The minimum Gasteiger partial charge on any atom is -0.396 e. The summed E-state index contributed by atoms with van der Waals surface area (Å²) in [6.07, 6.45) is 0.978. The standard InChI is InChI=1S/C8H16N2O3S/c1-6(2-4-11)14-5-3-7(12)10-8(9)13/h6,11H,2-5H2,1H3,(H3,9,10,12,13). The van der Waals surface area contributed by atoms with Gasteiger partial charge in [0.25, 0.3) is 0 Å². The topological polar surface area (TPSA) is 92.4 Å². The molecule has 6 heteroatoms. The molecule has 0 aromatic rings. The van der Waals surface area contributed by atoms with Gasteiger partial charge in [0.15, 0.2) is 0 Å². The Bertz CT molecular complexity index is 199. The molecule has 0 saturated heterocycles. The molecule has 0 bridgehead atoms. The molecule has 0 spiro atoms. The van der Waals surface area contributed by atoms with Crippen molar-refractivity contribution < 1.29 is 14.7 Å². The third kappa shape index (κ3) is 7.88. The molecule has 4 N–H and O–H groups in total. The predicted molar refractivity (Wildman–Crippen MR) is 56.0 cm³/mol. The molecule has 82 valence electrons. The van der Waals surface area contributed by atoms with Crippen LogP contribution in [-0.4, -0.2) is 34.7 Å². The normalized spacial score (nSPS) is 12.1. The number of urea groups is 1. The molecule has 0 rings (SSSR count). The van der Waals surface area contributed by atoms with Crippen molar-refractivity contribution in [2.75, 3.05) is 12.4 Å². The van der Waals surface area contributed by atoms with Crippen LogP contribution in [0.15, 0.2) is 0 Å². The number of aliphatic hydroxyl groups is 1. The van der Waals surface area contributed by atoms with E-state index in [0.29, 0.717) is 17.4 Å². The van der Waals surface area contributed by atoms with Gasteiger partial charge in [-0.15, -0.1) is 0 Å². The van der Waals surface area contributed by atoms with E-state index in [1.54, 1.807) is 11.8 Å². The van der Waals surface area contributed by atoms with Crippen LogP contribution in [0.5, 0.6) is 0 Å². The van der Waals surface area contributed by atoms with Gasteiger partial charge in [-0.1, -0.05) is 6.92 Å². The molecule has 0 saturated carbocycles. The number of thioether (sulfide) groups is 1. The van der Waals surface area contributed by atoms with Gasteiger partial charge in [-0.3, -0.25) is 10.1 Å². The number of carbonyl (C=O) groups excluding carboxylic acids is 2. The maximum absolute atomic E-state index is 10.9. The predicted octanol–water partition coefficient (Wildman–Crippen LogP) is 0.0755. The average Bonchev–Trinajstić information content (AvgIpc) is 2.02. The number of amides is 3. The smallest absolute Gasteiger partial charge is 0.318 e. The molecule has 0 radical (unpaired) electrons. The minimum absolute atomic E-state index is 0.154. The van der Waals surface area contributed by atoms with Crippen LogP contribution in [0.4, 0.5) is 4.79 Å². The van der Waals surface area contributed by atoms with Crippen LogP contribution in [0.1, 0.15) is 19.8 Å². The fourth-order valence-corrected chi connectivity index (χ4v) is 1.80. The first-order chi connectivity index (χ1) is 6.56. The van der Waals surface area contributed by atoms with Gasteiger partial charge in [0.1, 0.15) is 0 Å². The van der Waals surface area contributed by atoms with Crippen LogP contribution < -0.4 is 11.1 Å². The summed E-state index contributed by atoms with van der Waals surface area (Å²) in [7, 11) is 0. The molecule has 1 unspecified atom stereocenters. The molecule has 3 amide bonds. The fourth-order valence-electron chi connectivity index (χ4n) is 0.818. The Hall–Kier alpha value is -0.750. The second-order valence-electron chi connectivity index (χ2n) is 2.86. The van der Waals surface area contributed by atoms with Crippen LogP contribution in [0.3, 0.4) is 0 Å². The lowest BCUT2D eigenvalue weighted by atomic mass is 10.3. The van der Waals surface area contributed by atoms with E-state index in [0.717, 1.165) is 0 Å². The highest BCUT2D eigenvalue weighted by molar-refractivity contribution is 7.99. The molecular formula is C8H16N2O3S. The van der Waals surface area contributed by atoms with Crippen molar-refractivity contribution >= 4 is 23.7 Å². The van der Waals surface area contributed by atoms with Crippen molar-refractivity contribution in [3.8, 4) is 0 Å². The molecule has 14 heavy (non-hydrogen) atoms. The Balaban J connectivity index is 3.44. The number of nitrogens with two attached hydrogens (primary N) is 1. The SMILES string of the molecule is CC(CCO)SCCC(=O)NC(N)=O. The van der Waals surface area contributed by atoms with E-state index in [1.165, 1.54) is 0 Å². The second kappa shape index (κ2) is 7.64. The van der Waals surface area contributed by atoms with Gasteiger partial charge >= 0.3 is 6.03 Å². The number of carbonyl (C=O) groups is 2. The zero-order valence-corrected chi connectivity index (χ0v) is 8.97. The van der Waals surface area contributed by atoms with Crippen molar-refractivity contribution in [2.24, 2.45) is 5.73 Å². The number of imide groups is 1. The fraction of sp³-hybridized carbons (Fsp3) is 0.750. The number of aliphatic hydroxyl groups excluding tert-OH is 1. The van der Waals surface area contributed by atoms with E-state index in [1.807, 2.05) is 12.2 Å². The lowest BCUT2D eigenvalue weighted by molar-refractivity contribution is -0.119. The first kappa shape index (κ1) is 13.2. The number of hydrogen-bond acceptors (Lipinski definition) is 4. The van der Waals surface area contributed by atoms with Gasteiger partial charge in [-0.05, 0) is 6.42 Å². The van der Waals surface area contributed by atoms with Crippen LogP contribution in [0.25, 0.3) is 0 Å². The lowest BCUT2D eigenvalue weighted by Crippen LogP contribution is -2.35. The molecule has 0 aromatic carbocycles. The average molecular weight is 220 g/mol. The monoisotopic (exact) mass is 220 g/mol. The summed E-state index contributed by atoms with van der Waals surface area (Å²) in [4.78, 5) is 21.2. The molecule has 0 aromatic heterocycles. The Morgan fingerprint density at radius 2 is 2.21 bits per heavy atom. The summed E-state index contributed by atoms with van der Waals surface area (Å²) in [5.74, 6) is 0.265. The van der Waals surface area contributed by atoms with Gasteiger partial charge in [0, 0.05) is 24.0 Å². The summed E-state index contributed by atoms with van der Waals surface area (Å²) < 4.78 is 0. The van der Waals surface area contributed by atoms with E-state index < -0.39 is 6.03 Å². The first-order valence-electron chi connectivity index (χ1n) is 4.38. The summed E-state index contributed by atoms with van der Waals surface area (Å²) in [6.45, 7) is 2.13. The number of primary amides is 1. The highest BCUT2D eigenvalue weighted by atomic mass is 32.2. The Kier molecular flexibility index (Phi) is 7.23. The quantitative estimate of drug-likeness (QED) is 0.591. The molecule has 1 atom stereocenters. The van der Waals surface area contributed by atoms with Crippen molar-refractivity contribution in [2.45, 2.75) is 25.0 Å². The summed E-state index contributed by atoms with van der Waals surface area (Å²) in [6, 6.07) is -0.816. The minimum atomic E-state index is -0.816. The molecule has 0 aliphatic rings. The van der Waals surface area contributed by atoms with Crippen LogP contribution in [0.2, 0.25) is 0 Å². The third-order valence-electron chi connectivity index (χ3n) is 1.53. The molecule has 5 nitrogen and oxygen atoms in total. The highest BCUT2D eigenvalue weighted by Gasteiger charge is 2.06. The third-order valence-corrected chi connectivity index (χ3v) is 2.77. The summed E-state index contributed by atoms with van der Waals surface area (Å²) in [5.41, 5.74) is 4.76. The molecule has 0 aliphatic carbocycles. The largest absolute Gasteiger partial charge is 0.396 e. The Morgan fingerprint density at radius 1 is 1.57 bits per heavy atom. The lowest BCUT2D eigenvalue weighted by Gasteiger charge is -2.08. The molecule has 0 aliphatic heterocycles. The zero-order valence-electron chi connectivity index (χ0n) is 8.16. The van der Waals surface area contributed by atoms with E-state index in [9.17, 15) is 9.59 Å². The first-order valence-corrected chi connectivity index (χ1v) is 5.43. The molecular weight excluding hydrogens is 204 g/mol. The van der Waals surface area contributed by atoms with Gasteiger partial charge in [-0.25, -0.2) is 4.79 Å². The van der Waals surface area contributed by atoms with Crippen molar-refractivity contribution in [1.29, 1.82) is 0 Å². The maximum Gasteiger partial charge on any atom is 0.318 e. The number of nitrogens with one attached hydrogen (secondary N) is 1. The van der Waals surface area contributed by atoms with Crippen LogP contribution in [0, 0.1) is 0 Å². The number of rotatable bonds is 6. The van der Waals surface area contributed by atoms with Gasteiger partial charge in [0.05, 0.1) is 0 Å². The highest BCUT2D eigenvalue weighted by Crippen LogP contribution is 2.14. The van der Waals surface area contributed by atoms with E-state index in [4.69, 9.17) is 10.8 Å². The van der Waals surface area contributed by atoms with E-state index >= 15 is 0 Å². The number of hydrogen-bond donors (Lipinski definition) is 3. The van der Waals surface area contributed by atoms with Gasteiger partial charge < -0.3 is 10.8 Å². The summed E-state index contributed by atoms with van der Waals surface area (Å²) in [5, 5.41) is 10.9. The van der Waals surface area contributed by atoms with Crippen molar-refractivity contribution in [1.82, 2.24) is 5.32 Å². The van der Waals surface area contributed by atoms with Crippen molar-refractivity contribution in [3.63, 3.8) is 0 Å².